The SMILES string of the molecule is CC1=C(C#N)C(c2cccc(Oc3ccccc3)c2)C2C(=O)CCC=C2N1. The fraction of sp³-hybridized carbons (Fsp3) is 0.217. The van der Waals surface area contributed by atoms with Crippen molar-refractivity contribution >= 4 is 5.78 Å². The Bertz CT molecular complexity index is 983. The quantitative estimate of drug-likeness (QED) is 0.856. The molecule has 2 aliphatic rings. The summed E-state index contributed by atoms with van der Waals surface area (Å²) in [6.45, 7) is 1.89. The molecule has 4 rings (SSSR count). The minimum Gasteiger partial charge on any atom is -0.457 e. The van der Waals surface area contributed by atoms with Crippen LogP contribution >= 0.6 is 0 Å². The lowest BCUT2D eigenvalue weighted by Gasteiger charge is -2.36. The summed E-state index contributed by atoms with van der Waals surface area (Å²) in [6, 6.07) is 19.6. The number of Topliss-reactive ketones (excluding diaryl/α,β-unsaturated/α-hetero) is 1. The summed E-state index contributed by atoms with van der Waals surface area (Å²) >= 11 is 0. The number of nitriles is 1. The number of carbonyl (C=O) groups excluding carboxylic acids is 1. The smallest absolute Gasteiger partial charge is 0.143 e. The third-order valence-electron chi connectivity index (χ3n) is 5.13. The van der Waals surface area contributed by atoms with Gasteiger partial charge < -0.3 is 10.1 Å². The molecule has 2 aromatic rings. The van der Waals surface area contributed by atoms with Gasteiger partial charge in [0, 0.05) is 23.7 Å². The predicted octanol–water partition coefficient (Wildman–Crippen LogP) is 4.83. The Morgan fingerprint density at radius 1 is 1.07 bits per heavy atom. The lowest BCUT2D eigenvalue weighted by Crippen LogP contribution is -2.38. The number of carbonyl (C=O) groups is 1. The first-order valence-electron chi connectivity index (χ1n) is 9.11. The average molecular weight is 356 g/mol. The fourth-order valence-electron chi connectivity index (χ4n) is 3.91. The molecule has 0 spiro atoms. The van der Waals surface area contributed by atoms with Crippen LogP contribution in [0, 0.1) is 17.2 Å². The largest absolute Gasteiger partial charge is 0.457 e. The second kappa shape index (κ2) is 7.13. The van der Waals surface area contributed by atoms with Crippen molar-refractivity contribution in [3.8, 4) is 17.6 Å². The second-order valence-corrected chi connectivity index (χ2v) is 6.88. The van der Waals surface area contributed by atoms with Crippen molar-refractivity contribution in [3.05, 3.63) is 83.2 Å². The van der Waals surface area contributed by atoms with Gasteiger partial charge in [-0.2, -0.15) is 5.26 Å². The molecule has 0 saturated heterocycles. The average Bonchev–Trinajstić information content (AvgIpc) is 2.68. The number of benzene rings is 2. The molecule has 0 fully saturated rings. The molecule has 0 aromatic heterocycles. The topological polar surface area (TPSA) is 62.1 Å². The predicted molar refractivity (Wildman–Crippen MR) is 103 cm³/mol. The second-order valence-electron chi connectivity index (χ2n) is 6.88. The lowest BCUT2D eigenvalue weighted by atomic mass is 9.71. The van der Waals surface area contributed by atoms with Crippen LogP contribution in [0.2, 0.25) is 0 Å². The molecule has 0 bridgehead atoms. The minimum absolute atomic E-state index is 0.180. The zero-order valence-electron chi connectivity index (χ0n) is 15.1. The summed E-state index contributed by atoms with van der Waals surface area (Å²) < 4.78 is 5.95. The number of allylic oxidation sites excluding steroid dienone is 4. The van der Waals surface area contributed by atoms with Gasteiger partial charge in [-0.05, 0) is 43.2 Å². The summed E-state index contributed by atoms with van der Waals surface area (Å²) in [5.41, 5.74) is 3.27. The summed E-state index contributed by atoms with van der Waals surface area (Å²) in [5.74, 6) is 1.01. The molecule has 1 N–H and O–H groups in total. The highest BCUT2D eigenvalue weighted by atomic mass is 16.5. The van der Waals surface area contributed by atoms with E-state index >= 15 is 0 Å². The summed E-state index contributed by atoms with van der Waals surface area (Å²) in [7, 11) is 0. The van der Waals surface area contributed by atoms with Crippen LogP contribution in [0.15, 0.2) is 77.6 Å². The third-order valence-corrected chi connectivity index (χ3v) is 5.13. The number of fused-ring (bicyclic) bond motifs is 1. The van der Waals surface area contributed by atoms with E-state index in [0.29, 0.717) is 17.7 Å². The molecular formula is C23H20N2O2. The minimum atomic E-state index is -0.330. The maximum absolute atomic E-state index is 12.7. The normalized spacial score (nSPS) is 21.6. The van der Waals surface area contributed by atoms with Crippen LogP contribution in [0.3, 0.4) is 0 Å². The van der Waals surface area contributed by atoms with Crippen LogP contribution in [-0.4, -0.2) is 5.78 Å². The summed E-state index contributed by atoms with van der Waals surface area (Å²) in [6.07, 6.45) is 3.35. The van der Waals surface area contributed by atoms with E-state index in [4.69, 9.17) is 4.74 Å². The Kier molecular flexibility index (Phi) is 4.52. The maximum atomic E-state index is 12.7. The first-order chi connectivity index (χ1) is 13.2. The molecule has 1 heterocycles. The number of ketones is 1. The van der Waals surface area contributed by atoms with E-state index in [2.05, 4.69) is 17.5 Å². The van der Waals surface area contributed by atoms with Crippen LogP contribution in [0.5, 0.6) is 11.5 Å². The fourth-order valence-corrected chi connectivity index (χ4v) is 3.91. The molecule has 27 heavy (non-hydrogen) atoms. The van der Waals surface area contributed by atoms with Crippen LogP contribution in [0.1, 0.15) is 31.2 Å². The first-order valence-corrected chi connectivity index (χ1v) is 9.11. The van der Waals surface area contributed by atoms with Crippen LogP contribution in [-0.2, 0) is 4.79 Å². The molecule has 4 heteroatoms. The van der Waals surface area contributed by atoms with Gasteiger partial charge in [0.05, 0.1) is 17.6 Å². The van der Waals surface area contributed by atoms with Gasteiger partial charge in [-0.1, -0.05) is 36.4 Å². The van der Waals surface area contributed by atoms with Crippen LogP contribution in [0.4, 0.5) is 0 Å². The van der Waals surface area contributed by atoms with E-state index in [1.165, 1.54) is 0 Å². The number of nitrogens with zero attached hydrogens (tertiary/aromatic N) is 1. The van der Waals surface area contributed by atoms with Crippen molar-refractivity contribution in [1.29, 1.82) is 5.26 Å². The van der Waals surface area contributed by atoms with E-state index < -0.39 is 0 Å². The molecule has 4 nitrogen and oxygen atoms in total. The molecule has 134 valence electrons. The standard InChI is InChI=1S/C23H20N2O2/c1-15-19(14-24)22(23-20(25-15)11-6-12-21(23)26)16-7-5-10-18(13-16)27-17-8-3-2-4-9-17/h2-5,7-11,13,22-23,25H,6,12H2,1H3. The molecule has 2 unspecified atom stereocenters. The zero-order valence-corrected chi connectivity index (χ0v) is 15.1. The van der Waals surface area contributed by atoms with Gasteiger partial charge in [0.2, 0.25) is 0 Å². The number of para-hydroxylation sites is 1. The molecule has 2 aromatic carbocycles. The van der Waals surface area contributed by atoms with Gasteiger partial charge >= 0.3 is 0 Å². The van der Waals surface area contributed by atoms with Crippen molar-refractivity contribution < 1.29 is 9.53 Å². The third kappa shape index (κ3) is 3.24. The summed E-state index contributed by atoms with van der Waals surface area (Å²) in [4.78, 5) is 12.7. The number of ether oxygens (including phenoxy) is 1. The first kappa shape index (κ1) is 17.1. The molecule has 1 aliphatic carbocycles. The van der Waals surface area contributed by atoms with Gasteiger partial charge in [-0.15, -0.1) is 0 Å². The lowest BCUT2D eigenvalue weighted by molar-refractivity contribution is -0.122. The van der Waals surface area contributed by atoms with E-state index in [1.54, 1.807) is 0 Å². The molecular weight excluding hydrogens is 336 g/mol. The van der Waals surface area contributed by atoms with Crippen molar-refractivity contribution in [1.82, 2.24) is 5.32 Å². The Labute approximate surface area is 158 Å². The van der Waals surface area contributed by atoms with Crippen molar-refractivity contribution in [3.63, 3.8) is 0 Å². The number of nitrogens with one attached hydrogen (secondary N) is 1. The Morgan fingerprint density at radius 2 is 1.85 bits per heavy atom. The highest BCUT2D eigenvalue weighted by Crippen LogP contribution is 2.43. The summed E-state index contributed by atoms with van der Waals surface area (Å²) in [5, 5.41) is 13.0. The van der Waals surface area contributed by atoms with Gasteiger partial charge in [-0.3, -0.25) is 4.79 Å². The van der Waals surface area contributed by atoms with Crippen molar-refractivity contribution in [2.24, 2.45) is 5.92 Å². The van der Waals surface area contributed by atoms with Gasteiger partial charge in [-0.25, -0.2) is 0 Å². The number of hydrogen-bond donors (Lipinski definition) is 1. The van der Waals surface area contributed by atoms with Crippen LogP contribution < -0.4 is 10.1 Å². The highest BCUT2D eigenvalue weighted by Gasteiger charge is 2.40. The van der Waals surface area contributed by atoms with Gasteiger partial charge in [0.15, 0.2) is 0 Å². The molecule has 2 atom stereocenters. The monoisotopic (exact) mass is 356 g/mol. The Balaban J connectivity index is 1.76. The van der Waals surface area contributed by atoms with Crippen molar-refractivity contribution in [2.45, 2.75) is 25.7 Å². The molecule has 0 amide bonds. The van der Waals surface area contributed by atoms with E-state index in [-0.39, 0.29) is 17.6 Å². The zero-order chi connectivity index (χ0) is 18.8. The van der Waals surface area contributed by atoms with E-state index in [9.17, 15) is 10.1 Å². The Morgan fingerprint density at radius 3 is 2.63 bits per heavy atom. The number of hydrogen-bond acceptors (Lipinski definition) is 4. The van der Waals surface area contributed by atoms with Crippen molar-refractivity contribution in [2.75, 3.05) is 0 Å². The van der Waals surface area contributed by atoms with Crippen LogP contribution in [0.25, 0.3) is 0 Å². The van der Waals surface area contributed by atoms with E-state index in [0.717, 1.165) is 29.1 Å². The van der Waals surface area contributed by atoms with Gasteiger partial charge in [0.1, 0.15) is 17.3 Å². The molecule has 0 saturated carbocycles. The van der Waals surface area contributed by atoms with Gasteiger partial charge in [0.25, 0.3) is 0 Å². The number of rotatable bonds is 3. The molecule has 0 radical (unpaired) electrons. The highest BCUT2D eigenvalue weighted by molar-refractivity contribution is 5.87. The molecule has 1 aliphatic heterocycles. The van der Waals surface area contributed by atoms with E-state index in [1.807, 2.05) is 61.5 Å². The maximum Gasteiger partial charge on any atom is 0.143 e. The Hall–Kier alpha value is -3.32.